The smallest absolute Gasteiger partial charge is 0.255 e. The van der Waals surface area contributed by atoms with Crippen molar-refractivity contribution in [2.24, 2.45) is 0 Å². The van der Waals surface area contributed by atoms with Crippen LogP contribution in [-0.2, 0) is 6.42 Å². The van der Waals surface area contributed by atoms with Gasteiger partial charge in [0.2, 0.25) is 0 Å². The van der Waals surface area contributed by atoms with E-state index in [1.54, 1.807) is 25.6 Å². The predicted octanol–water partition coefficient (Wildman–Crippen LogP) is 3.90. The molecule has 0 bridgehead atoms. The van der Waals surface area contributed by atoms with E-state index in [4.69, 9.17) is 21.1 Å². The van der Waals surface area contributed by atoms with E-state index in [0.717, 1.165) is 36.3 Å². The molecular formula is C24H26ClN5O3. The number of fused-ring (bicyclic) bond motifs is 1. The number of methoxy groups -OCH3 is 1. The van der Waals surface area contributed by atoms with Crippen molar-refractivity contribution < 1.29 is 14.3 Å². The monoisotopic (exact) mass is 467 g/mol. The van der Waals surface area contributed by atoms with Crippen LogP contribution in [0.5, 0.6) is 11.5 Å². The zero-order chi connectivity index (χ0) is 22.8. The molecule has 0 spiro atoms. The topological polar surface area (TPSA) is 100 Å². The molecule has 1 amide bonds. The molecule has 4 N–H and O–H groups in total. The fraction of sp³-hybridized carbons (Fsp3) is 0.333. The third-order valence-electron chi connectivity index (χ3n) is 6.05. The standard InChI is InChI=1S/C24H26ClN5O3/c1-32-23-16(25)5-2-6-18(23)30-22-20-17(8-11-28-24(20)31)29-21(22)15-7-10-26-12-19(15)33-13-14-4-3-9-27-14/h2,5-7,10,12,14,27,29-30H,3-4,8-9,11,13H2,1H3,(H,28,31). The van der Waals surface area contributed by atoms with Gasteiger partial charge in [0.25, 0.3) is 5.91 Å². The molecule has 0 aliphatic carbocycles. The van der Waals surface area contributed by atoms with Gasteiger partial charge in [-0.1, -0.05) is 17.7 Å². The molecule has 2 aromatic heterocycles. The summed E-state index contributed by atoms with van der Waals surface area (Å²) in [6, 6.07) is 7.69. The quantitative estimate of drug-likeness (QED) is 0.420. The summed E-state index contributed by atoms with van der Waals surface area (Å²) in [6.07, 6.45) is 6.39. The van der Waals surface area contributed by atoms with Gasteiger partial charge in [0, 0.05) is 36.5 Å². The van der Waals surface area contributed by atoms with E-state index in [1.807, 2.05) is 18.2 Å². The number of pyridine rings is 1. The van der Waals surface area contributed by atoms with Crippen molar-refractivity contribution in [1.82, 2.24) is 20.6 Å². The van der Waals surface area contributed by atoms with Gasteiger partial charge in [-0.15, -0.1) is 0 Å². The Morgan fingerprint density at radius 1 is 1.27 bits per heavy atom. The lowest BCUT2D eigenvalue weighted by atomic mass is 10.0. The van der Waals surface area contributed by atoms with Crippen molar-refractivity contribution >= 4 is 28.9 Å². The minimum Gasteiger partial charge on any atom is -0.493 e. The van der Waals surface area contributed by atoms with Crippen LogP contribution in [0.25, 0.3) is 11.3 Å². The molecule has 4 heterocycles. The molecule has 8 nitrogen and oxygen atoms in total. The number of carbonyl (C=O) groups is 1. The van der Waals surface area contributed by atoms with Crippen LogP contribution in [0.2, 0.25) is 5.02 Å². The van der Waals surface area contributed by atoms with Crippen LogP contribution in [-0.4, -0.2) is 48.7 Å². The highest BCUT2D eigenvalue weighted by molar-refractivity contribution is 6.32. The summed E-state index contributed by atoms with van der Waals surface area (Å²) >= 11 is 6.34. The van der Waals surface area contributed by atoms with Crippen molar-refractivity contribution in [3.05, 3.63) is 52.9 Å². The molecule has 9 heteroatoms. The number of rotatable bonds is 7. The molecule has 3 aromatic rings. The van der Waals surface area contributed by atoms with Crippen LogP contribution >= 0.6 is 11.6 Å². The Hall–Kier alpha value is -3.23. The van der Waals surface area contributed by atoms with Gasteiger partial charge >= 0.3 is 0 Å². The van der Waals surface area contributed by atoms with Crippen LogP contribution in [0.15, 0.2) is 36.7 Å². The number of halogens is 1. The average Bonchev–Trinajstić information content (AvgIpc) is 3.47. The molecule has 33 heavy (non-hydrogen) atoms. The Kier molecular flexibility index (Phi) is 6.11. The molecule has 1 aromatic carbocycles. The van der Waals surface area contributed by atoms with E-state index in [-0.39, 0.29) is 5.91 Å². The Bertz CT molecular complexity index is 1170. The van der Waals surface area contributed by atoms with E-state index in [1.165, 1.54) is 0 Å². The number of aromatic amines is 1. The highest BCUT2D eigenvalue weighted by Crippen LogP contribution is 2.42. The maximum Gasteiger partial charge on any atom is 0.255 e. The third kappa shape index (κ3) is 4.24. The van der Waals surface area contributed by atoms with Crippen LogP contribution in [0.4, 0.5) is 11.4 Å². The van der Waals surface area contributed by atoms with Crippen molar-refractivity contribution in [2.45, 2.75) is 25.3 Å². The van der Waals surface area contributed by atoms with Gasteiger partial charge in [0.1, 0.15) is 12.4 Å². The summed E-state index contributed by atoms with van der Waals surface area (Å²) in [6.45, 7) is 2.16. The second kappa shape index (κ2) is 9.33. The minimum atomic E-state index is -0.131. The third-order valence-corrected chi connectivity index (χ3v) is 6.35. The van der Waals surface area contributed by atoms with Gasteiger partial charge in [-0.3, -0.25) is 9.78 Å². The SMILES string of the molecule is COc1c(Cl)cccc1Nc1c(-c2ccncc2OCC2CCCN2)[nH]c2c1C(=O)NCC2. The summed E-state index contributed by atoms with van der Waals surface area (Å²) in [5.41, 5.74) is 4.36. The zero-order valence-corrected chi connectivity index (χ0v) is 19.1. The minimum absolute atomic E-state index is 0.131. The number of anilines is 2. The van der Waals surface area contributed by atoms with E-state index in [2.05, 4.69) is 25.9 Å². The molecule has 1 atom stereocenters. The van der Waals surface area contributed by atoms with Gasteiger partial charge in [-0.2, -0.15) is 0 Å². The fourth-order valence-electron chi connectivity index (χ4n) is 4.45. The van der Waals surface area contributed by atoms with E-state index in [9.17, 15) is 4.79 Å². The summed E-state index contributed by atoms with van der Waals surface area (Å²) in [5.74, 6) is 1.04. The Labute approximate surface area is 197 Å². The van der Waals surface area contributed by atoms with Crippen LogP contribution in [0.1, 0.15) is 28.9 Å². The van der Waals surface area contributed by atoms with Gasteiger partial charge in [-0.05, 0) is 37.6 Å². The number of amides is 1. The van der Waals surface area contributed by atoms with Crippen molar-refractivity contribution in [1.29, 1.82) is 0 Å². The van der Waals surface area contributed by atoms with Crippen molar-refractivity contribution in [3.63, 3.8) is 0 Å². The number of hydrogen-bond acceptors (Lipinski definition) is 6. The number of H-pyrrole nitrogens is 1. The van der Waals surface area contributed by atoms with E-state index >= 15 is 0 Å². The first kappa shape index (κ1) is 21.6. The number of carbonyl (C=O) groups excluding carboxylic acids is 1. The number of benzene rings is 1. The summed E-state index contributed by atoms with van der Waals surface area (Å²) in [7, 11) is 1.57. The Balaban J connectivity index is 1.58. The molecule has 172 valence electrons. The predicted molar refractivity (Wildman–Crippen MR) is 128 cm³/mol. The maximum atomic E-state index is 12.9. The first-order valence-corrected chi connectivity index (χ1v) is 11.5. The van der Waals surface area contributed by atoms with Gasteiger partial charge < -0.3 is 30.4 Å². The highest BCUT2D eigenvalue weighted by Gasteiger charge is 2.29. The largest absolute Gasteiger partial charge is 0.493 e. The lowest BCUT2D eigenvalue weighted by Gasteiger charge is -2.18. The van der Waals surface area contributed by atoms with Crippen LogP contribution in [0, 0.1) is 0 Å². The average molecular weight is 468 g/mol. The number of nitrogens with zero attached hydrogens (tertiary/aromatic N) is 1. The number of para-hydroxylation sites is 1. The lowest BCUT2D eigenvalue weighted by molar-refractivity contribution is 0.0947. The molecule has 1 unspecified atom stereocenters. The molecule has 2 aliphatic rings. The van der Waals surface area contributed by atoms with Gasteiger partial charge in [-0.25, -0.2) is 0 Å². The van der Waals surface area contributed by atoms with Crippen molar-refractivity contribution in [2.75, 3.05) is 32.1 Å². The highest BCUT2D eigenvalue weighted by atomic mass is 35.5. The summed E-state index contributed by atoms with van der Waals surface area (Å²) in [5, 5.41) is 10.3. The number of hydrogen-bond donors (Lipinski definition) is 4. The fourth-order valence-corrected chi connectivity index (χ4v) is 4.70. The molecule has 1 fully saturated rings. The molecule has 5 rings (SSSR count). The lowest BCUT2D eigenvalue weighted by Crippen LogP contribution is -2.31. The molecule has 1 saturated heterocycles. The number of aromatic nitrogens is 2. The normalized spacial score (nSPS) is 17.4. The second-order valence-corrected chi connectivity index (χ2v) is 8.56. The van der Waals surface area contributed by atoms with Crippen molar-refractivity contribution in [3.8, 4) is 22.8 Å². The summed E-state index contributed by atoms with van der Waals surface area (Å²) in [4.78, 5) is 20.6. The molecule has 0 radical (unpaired) electrons. The molecule has 2 aliphatic heterocycles. The zero-order valence-electron chi connectivity index (χ0n) is 18.3. The van der Waals surface area contributed by atoms with Gasteiger partial charge in [0.15, 0.2) is 5.75 Å². The van der Waals surface area contributed by atoms with E-state index < -0.39 is 0 Å². The summed E-state index contributed by atoms with van der Waals surface area (Å²) < 4.78 is 11.7. The van der Waals surface area contributed by atoms with Crippen LogP contribution in [0.3, 0.4) is 0 Å². The second-order valence-electron chi connectivity index (χ2n) is 8.16. The first-order valence-electron chi connectivity index (χ1n) is 11.1. The number of ether oxygens (including phenoxy) is 2. The van der Waals surface area contributed by atoms with Gasteiger partial charge in [0.05, 0.1) is 41.0 Å². The molecular weight excluding hydrogens is 442 g/mol. The van der Waals surface area contributed by atoms with E-state index in [0.29, 0.717) is 59.1 Å². The van der Waals surface area contributed by atoms with Crippen LogP contribution < -0.4 is 25.4 Å². The first-order chi connectivity index (χ1) is 16.2. The maximum absolute atomic E-state index is 12.9. The Morgan fingerprint density at radius 2 is 2.18 bits per heavy atom. The molecule has 0 saturated carbocycles. The number of nitrogens with one attached hydrogen (secondary N) is 4. The Morgan fingerprint density at radius 3 is 3.00 bits per heavy atom.